The normalized spacial score (nSPS) is 20.7. The maximum atomic E-state index is 6.29. The number of piperidine rings is 1. The van der Waals surface area contributed by atoms with Crippen LogP contribution in [0.1, 0.15) is 51.0 Å². The highest BCUT2D eigenvalue weighted by Crippen LogP contribution is 2.40. The van der Waals surface area contributed by atoms with Gasteiger partial charge in [-0.2, -0.15) is 4.98 Å². The molecule has 1 aromatic carbocycles. The molecule has 0 unspecified atom stereocenters. The second kappa shape index (κ2) is 9.48. The van der Waals surface area contributed by atoms with Crippen LogP contribution < -0.4 is 15.5 Å². The smallest absolute Gasteiger partial charge is 0.232 e. The van der Waals surface area contributed by atoms with E-state index in [2.05, 4.69) is 62.8 Å². The van der Waals surface area contributed by atoms with Crippen LogP contribution in [0.15, 0.2) is 36.4 Å². The van der Waals surface area contributed by atoms with Crippen molar-refractivity contribution >= 4 is 40.7 Å². The van der Waals surface area contributed by atoms with Gasteiger partial charge in [-0.05, 0) is 49.4 Å². The zero-order chi connectivity index (χ0) is 21.0. The third-order valence-corrected chi connectivity index (χ3v) is 6.86. The molecule has 1 atom stereocenters. The van der Waals surface area contributed by atoms with Crippen molar-refractivity contribution in [1.29, 1.82) is 0 Å². The maximum absolute atomic E-state index is 6.29. The van der Waals surface area contributed by atoms with E-state index in [9.17, 15) is 0 Å². The van der Waals surface area contributed by atoms with Crippen LogP contribution in [0, 0.1) is 5.92 Å². The Morgan fingerprint density at radius 2 is 1.97 bits per heavy atom. The van der Waals surface area contributed by atoms with Crippen molar-refractivity contribution in [2.75, 3.05) is 29.9 Å². The highest BCUT2D eigenvalue weighted by atomic mass is 35.5. The molecule has 2 aromatic rings. The van der Waals surface area contributed by atoms with E-state index in [1.807, 2.05) is 6.07 Å². The fourth-order valence-electron chi connectivity index (χ4n) is 4.83. The van der Waals surface area contributed by atoms with Crippen molar-refractivity contribution in [2.45, 2.75) is 50.9 Å². The molecular formula is C23H30ClN5S. The van der Waals surface area contributed by atoms with E-state index in [4.69, 9.17) is 23.8 Å². The van der Waals surface area contributed by atoms with Crippen molar-refractivity contribution in [3.8, 4) is 0 Å². The van der Waals surface area contributed by atoms with Crippen LogP contribution in [0.5, 0.6) is 0 Å². The standard InChI is InChI=1S/C23H30ClN5S/c1-17-8-7-13-29(15-17)20-14-19(24)26-21(27-20)28-22(30)25-16-23(11-5-6-12-23)18-9-3-2-4-10-18/h2-4,9-10,14,17H,5-8,11-13,15-16H2,1H3,(H2,25,26,27,28,30)/t17-/m1/s1. The zero-order valence-corrected chi connectivity index (χ0v) is 19.1. The van der Waals surface area contributed by atoms with Gasteiger partial charge in [0, 0.05) is 31.1 Å². The third-order valence-electron chi connectivity index (χ3n) is 6.42. The fraction of sp³-hybridized carbons (Fsp3) is 0.522. The summed E-state index contributed by atoms with van der Waals surface area (Å²) in [7, 11) is 0. The number of hydrogen-bond acceptors (Lipinski definition) is 4. The minimum atomic E-state index is 0.136. The molecule has 1 aromatic heterocycles. The summed E-state index contributed by atoms with van der Waals surface area (Å²) in [5.74, 6) is 1.98. The van der Waals surface area contributed by atoms with Crippen molar-refractivity contribution in [3.63, 3.8) is 0 Å². The summed E-state index contributed by atoms with van der Waals surface area (Å²) in [6.45, 7) is 5.08. The van der Waals surface area contributed by atoms with Crippen molar-refractivity contribution in [2.24, 2.45) is 5.92 Å². The first kappa shape index (κ1) is 21.3. The molecule has 0 bridgehead atoms. The van der Waals surface area contributed by atoms with Gasteiger partial charge in [0.05, 0.1) is 0 Å². The molecule has 0 radical (unpaired) electrons. The Morgan fingerprint density at radius 1 is 1.20 bits per heavy atom. The summed E-state index contributed by atoms with van der Waals surface area (Å²) in [4.78, 5) is 11.3. The molecule has 2 heterocycles. The van der Waals surface area contributed by atoms with Crippen LogP contribution in [0.25, 0.3) is 0 Å². The summed E-state index contributed by atoms with van der Waals surface area (Å²) < 4.78 is 0. The van der Waals surface area contributed by atoms with Gasteiger partial charge in [0.2, 0.25) is 5.95 Å². The van der Waals surface area contributed by atoms with Crippen LogP contribution in [-0.2, 0) is 5.41 Å². The molecule has 1 saturated carbocycles. The molecule has 1 aliphatic carbocycles. The first-order valence-corrected chi connectivity index (χ1v) is 11.7. The van der Waals surface area contributed by atoms with Crippen molar-refractivity contribution in [1.82, 2.24) is 15.3 Å². The minimum absolute atomic E-state index is 0.136. The van der Waals surface area contributed by atoms with Crippen molar-refractivity contribution < 1.29 is 0 Å². The lowest BCUT2D eigenvalue weighted by Crippen LogP contribution is -2.41. The summed E-state index contributed by atoms with van der Waals surface area (Å²) in [6.07, 6.45) is 7.30. The molecule has 30 heavy (non-hydrogen) atoms. The van der Waals surface area contributed by atoms with E-state index in [0.29, 0.717) is 22.1 Å². The number of benzene rings is 1. The number of thiocarbonyl (C=S) groups is 1. The fourth-order valence-corrected chi connectivity index (χ4v) is 5.17. The lowest BCUT2D eigenvalue weighted by molar-refractivity contribution is 0.435. The van der Waals surface area contributed by atoms with E-state index >= 15 is 0 Å². The van der Waals surface area contributed by atoms with E-state index in [1.54, 1.807) is 0 Å². The lowest BCUT2D eigenvalue weighted by atomic mass is 9.79. The minimum Gasteiger partial charge on any atom is -0.361 e. The highest BCUT2D eigenvalue weighted by molar-refractivity contribution is 7.80. The Kier molecular flexibility index (Phi) is 6.74. The number of nitrogens with zero attached hydrogens (tertiary/aromatic N) is 3. The molecule has 7 heteroatoms. The van der Waals surface area contributed by atoms with Crippen LogP contribution in [0.2, 0.25) is 5.15 Å². The maximum Gasteiger partial charge on any atom is 0.232 e. The molecule has 1 saturated heterocycles. The van der Waals surface area contributed by atoms with Gasteiger partial charge >= 0.3 is 0 Å². The highest BCUT2D eigenvalue weighted by Gasteiger charge is 2.35. The molecule has 0 amide bonds. The van der Waals surface area contributed by atoms with Gasteiger partial charge < -0.3 is 15.5 Å². The quantitative estimate of drug-likeness (QED) is 0.491. The molecule has 2 N–H and O–H groups in total. The molecule has 4 rings (SSSR count). The van der Waals surface area contributed by atoms with Gasteiger partial charge in [0.1, 0.15) is 11.0 Å². The zero-order valence-electron chi connectivity index (χ0n) is 17.5. The van der Waals surface area contributed by atoms with Gasteiger partial charge in [0.15, 0.2) is 5.11 Å². The third kappa shape index (κ3) is 5.03. The predicted molar refractivity (Wildman–Crippen MR) is 128 cm³/mol. The van der Waals surface area contributed by atoms with E-state index in [0.717, 1.165) is 25.5 Å². The Hall–Kier alpha value is -1.92. The topological polar surface area (TPSA) is 53.1 Å². The Morgan fingerprint density at radius 3 is 2.70 bits per heavy atom. The molecular weight excluding hydrogens is 414 g/mol. The average molecular weight is 444 g/mol. The van der Waals surface area contributed by atoms with E-state index in [1.165, 1.54) is 44.1 Å². The van der Waals surface area contributed by atoms with Crippen LogP contribution in [0.4, 0.5) is 11.8 Å². The summed E-state index contributed by atoms with van der Waals surface area (Å²) >= 11 is 11.9. The van der Waals surface area contributed by atoms with Gasteiger partial charge in [0.25, 0.3) is 0 Å². The van der Waals surface area contributed by atoms with Crippen LogP contribution in [-0.4, -0.2) is 34.7 Å². The van der Waals surface area contributed by atoms with Gasteiger partial charge in [-0.25, -0.2) is 4.98 Å². The van der Waals surface area contributed by atoms with E-state index in [-0.39, 0.29) is 5.41 Å². The summed E-state index contributed by atoms with van der Waals surface area (Å²) in [5, 5.41) is 7.54. The van der Waals surface area contributed by atoms with Gasteiger partial charge in [-0.1, -0.05) is 61.7 Å². The molecule has 2 fully saturated rings. The SMILES string of the molecule is C[C@@H]1CCCN(c2cc(Cl)nc(NC(=S)NCC3(c4ccccc4)CCCC3)n2)C1. The molecule has 5 nitrogen and oxygen atoms in total. The number of anilines is 2. The van der Waals surface area contributed by atoms with Gasteiger partial charge in [-0.3, -0.25) is 0 Å². The van der Waals surface area contributed by atoms with E-state index < -0.39 is 0 Å². The summed E-state index contributed by atoms with van der Waals surface area (Å²) in [6, 6.07) is 12.6. The molecule has 2 aliphatic rings. The van der Waals surface area contributed by atoms with Gasteiger partial charge in [-0.15, -0.1) is 0 Å². The Balaban J connectivity index is 1.41. The second-order valence-corrected chi connectivity index (χ2v) is 9.52. The van der Waals surface area contributed by atoms with Crippen LogP contribution >= 0.6 is 23.8 Å². The number of aromatic nitrogens is 2. The largest absolute Gasteiger partial charge is 0.361 e. The lowest BCUT2D eigenvalue weighted by Gasteiger charge is -2.32. The predicted octanol–water partition coefficient (Wildman–Crippen LogP) is 5.16. The van der Waals surface area contributed by atoms with Crippen molar-refractivity contribution in [3.05, 3.63) is 47.1 Å². The monoisotopic (exact) mass is 443 g/mol. The molecule has 160 valence electrons. The first-order valence-electron chi connectivity index (χ1n) is 10.9. The average Bonchev–Trinajstić information content (AvgIpc) is 3.23. The molecule has 1 aliphatic heterocycles. The molecule has 0 spiro atoms. The van der Waals surface area contributed by atoms with Crippen LogP contribution in [0.3, 0.4) is 0 Å². The Labute approximate surface area is 189 Å². The number of halogens is 1. The first-order chi connectivity index (χ1) is 14.5. The number of rotatable bonds is 5. The Bertz CT molecular complexity index is 869. The summed E-state index contributed by atoms with van der Waals surface area (Å²) in [5.41, 5.74) is 1.52. The second-order valence-electron chi connectivity index (χ2n) is 8.73. The number of hydrogen-bond donors (Lipinski definition) is 2. The number of nitrogens with one attached hydrogen (secondary N) is 2.